The summed E-state index contributed by atoms with van der Waals surface area (Å²) in [6.45, 7) is 5.45. The zero-order valence-corrected chi connectivity index (χ0v) is 12.4. The van der Waals surface area contributed by atoms with E-state index in [0.717, 1.165) is 29.9 Å². The van der Waals surface area contributed by atoms with Crippen LogP contribution < -0.4 is 5.73 Å². The number of aryl methyl sites for hydroxylation is 1. The predicted molar refractivity (Wildman–Crippen MR) is 80.9 cm³/mol. The first kappa shape index (κ1) is 12.7. The van der Waals surface area contributed by atoms with Gasteiger partial charge in [0.2, 0.25) is 5.95 Å². The molecule has 0 fully saturated rings. The molecule has 0 saturated heterocycles. The van der Waals surface area contributed by atoms with E-state index in [-0.39, 0.29) is 0 Å². The standard InChI is InChI=1S/C13H18IN3/c1-9(2)4-3-7-17-12-6-5-10(14)8-11(12)16-13(17)15/h5-6,8-9H,3-4,7H2,1-2H3,(H2,15,16). The minimum atomic E-state index is 0.630. The van der Waals surface area contributed by atoms with Crippen molar-refractivity contribution in [1.82, 2.24) is 9.55 Å². The molecule has 0 amide bonds. The molecule has 0 aliphatic heterocycles. The molecule has 0 radical (unpaired) electrons. The van der Waals surface area contributed by atoms with Crippen LogP contribution in [0.2, 0.25) is 0 Å². The van der Waals surface area contributed by atoms with Crippen LogP contribution in [0.1, 0.15) is 26.7 Å². The first-order chi connectivity index (χ1) is 8.08. The van der Waals surface area contributed by atoms with Crippen molar-refractivity contribution in [2.24, 2.45) is 5.92 Å². The fourth-order valence-electron chi connectivity index (χ4n) is 2.01. The van der Waals surface area contributed by atoms with E-state index in [1.807, 2.05) is 0 Å². The molecule has 0 bridgehead atoms. The number of nitrogen functional groups attached to an aromatic ring is 1. The lowest BCUT2D eigenvalue weighted by atomic mass is 10.1. The maximum Gasteiger partial charge on any atom is 0.201 e. The third-order valence-corrected chi connectivity index (χ3v) is 3.57. The number of nitrogens with zero attached hydrogens (tertiary/aromatic N) is 2. The smallest absolute Gasteiger partial charge is 0.201 e. The Balaban J connectivity index is 2.24. The molecule has 17 heavy (non-hydrogen) atoms. The molecule has 0 saturated carbocycles. The molecule has 1 heterocycles. The fourth-order valence-corrected chi connectivity index (χ4v) is 2.49. The van der Waals surface area contributed by atoms with E-state index in [0.29, 0.717) is 5.95 Å². The molecule has 1 aromatic carbocycles. The van der Waals surface area contributed by atoms with Gasteiger partial charge in [0.15, 0.2) is 0 Å². The number of nitrogens with two attached hydrogens (primary N) is 1. The van der Waals surface area contributed by atoms with Gasteiger partial charge < -0.3 is 10.3 Å². The lowest BCUT2D eigenvalue weighted by Crippen LogP contribution is -2.04. The van der Waals surface area contributed by atoms with Crippen molar-refractivity contribution in [2.45, 2.75) is 33.2 Å². The molecular weight excluding hydrogens is 325 g/mol. The summed E-state index contributed by atoms with van der Waals surface area (Å²) in [5.74, 6) is 1.37. The summed E-state index contributed by atoms with van der Waals surface area (Å²) in [5.41, 5.74) is 8.11. The van der Waals surface area contributed by atoms with Crippen molar-refractivity contribution < 1.29 is 0 Å². The van der Waals surface area contributed by atoms with E-state index >= 15 is 0 Å². The van der Waals surface area contributed by atoms with Crippen LogP contribution in [-0.2, 0) is 6.54 Å². The van der Waals surface area contributed by atoms with Crippen LogP contribution in [0.25, 0.3) is 11.0 Å². The number of fused-ring (bicyclic) bond motifs is 1. The topological polar surface area (TPSA) is 43.8 Å². The lowest BCUT2D eigenvalue weighted by Gasteiger charge is -2.08. The highest BCUT2D eigenvalue weighted by molar-refractivity contribution is 14.1. The average Bonchev–Trinajstić information content (AvgIpc) is 2.54. The highest BCUT2D eigenvalue weighted by atomic mass is 127. The Kier molecular flexibility index (Phi) is 3.91. The lowest BCUT2D eigenvalue weighted by molar-refractivity contribution is 0.519. The number of hydrogen-bond donors (Lipinski definition) is 1. The molecule has 0 aliphatic rings. The minimum absolute atomic E-state index is 0.630. The summed E-state index contributed by atoms with van der Waals surface area (Å²) in [5, 5.41) is 0. The number of aromatic nitrogens is 2. The van der Waals surface area contributed by atoms with Crippen LogP contribution in [0.15, 0.2) is 18.2 Å². The van der Waals surface area contributed by atoms with E-state index in [2.05, 4.69) is 64.2 Å². The van der Waals surface area contributed by atoms with Gasteiger partial charge in [-0.2, -0.15) is 0 Å². The summed E-state index contributed by atoms with van der Waals surface area (Å²) in [6.07, 6.45) is 2.38. The van der Waals surface area contributed by atoms with E-state index in [4.69, 9.17) is 5.73 Å². The van der Waals surface area contributed by atoms with Crippen LogP contribution in [-0.4, -0.2) is 9.55 Å². The van der Waals surface area contributed by atoms with Gasteiger partial charge in [-0.3, -0.25) is 0 Å². The van der Waals surface area contributed by atoms with Crippen molar-refractivity contribution >= 4 is 39.6 Å². The van der Waals surface area contributed by atoms with Crippen LogP contribution in [0, 0.1) is 9.49 Å². The van der Waals surface area contributed by atoms with E-state index < -0.39 is 0 Å². The quantitative estimate of drug-likeness (QED) is 0.861. The fraction of sp³-hybridized carbons (Fsp3) is 0.462. The first-order valence-corrected chi connectivity index (χ1v) is 7.07. The van der Waals surface area contributed by atoms with Gasteiger partial charge in [-0.1, -0.05) is 13.8 Å². The number of benzene rings is 1. The molecule has 2 N–H and O–H groups in total. The molecule has 0 unspecified atom stereocenters. The third kappa shape index (κ3) is 2.91. The van der Waals surface area contributed by atoms with E-state index in [1.165, 1.54) is 9.99 Å². The minimum Gasteiger partial charge on any atom is -0.369 e. The number of anilines is 1. The normalized spacial score (nSPS) is 11.5. The molecule has 3 nitrogen and oxygen atoms in total. The second kappa shape index (κ2) is 5.25. The molecule has 2 aromatic rings. The summed E-state index contributed by atoms with van der Waals surface area (Å²) in [6, 6.07) is 6.28. The predicted octanol–water partition coefficient (Wildman–Crippen LogP) is 3.66. The van der Waals surface area contributed by atoms with Gasteiger partial charge in [-0.05, 0) is 59.5 Å². The first-order valence-electron chi connectivity index (χ1n) is 5.99. The van der Waals surface area contributed by atoms with Gasteiger partial charge in [0.05, 0.1) is 11.0 Å². The molecule has 0 spiro atoms. The molecule has 92 valence electrons. The maximum absolute atomic E-state index is 5.97. The van der Waals surface area contributed by atoms with Gasteiger partial charge >= 0.3 is 0 Å². The van der Waals surface area contributed by atoms with E-state index in [9.17, 15) is 0 Å². The van der Waals surface area contributed by atoms with Gasteiger partial charge in [0.1, 0.15) is 0 Å². The van der Waals surface area contributed by atoms with E-state index in [1.54, 1.807) is 0 Å². The Morgan fingerprint density at radius 1 is 1.41 bits per heavy atom. The average molecular weight is 343 g/mol. The Morgan fingerprint density at radius 2 is 2.18 bits per heavy atom. The zero-order valence-electron chi connectivity index (χ0n) is 10.3. The molecule has 0 aliphatic carbocycles. The van der Waals surface area contributed by atoms with Crippen molar-refractivity contribution in [1.29, 1.82) is 0 Å². The van der Waals surface area contributed by atoms with Crippen LogP contribution >= 0.6 is 22.6 Å². The molecule has 0 atom stereocenters. The maximum atomic E-state index is 5.97. The van der Waals surface area contributed by atoms with Gasteiger partial charge in [0.25, 0.3) is 0 Å². The Bertz CT molecular complexity index is 517. The van der Waals surface area contributed by atoms with Crippen molar-refractivity contribution in [3.8, 4) is 0 Å². The van der Waals surface area contributed by atoms with Crippen molar-refractivity contribution in [3.05, 3.63) is 21.8 Å². The Morgan fingerprint density at radius 3 is 2.88 bits per heavy atom. The van der Waals surface area contributed by atoms with Crippen LogP contribution in [0.5, 0.6) is 0 Å². The summed E-state index contributed by atoms with van der Waals surface area (Å²) < 4.78 is 3.32. The number of imidazole rings is 1. The van der Waals surface area contributed by atoms with Gasteiger partial charge in [-0.15, -0.1) is 0 Å². The highest BCUT2D eigenvalue weighted by Gasteiger charge is 2.08. The molecule has 2 rings (SSSR count). The summed E-state index contributed by atoms with van der Waals surface area (Å²) in [4.78, 5) is 4.41. The Hall–Kier alpha value is -0.780. The summed E-state index contributed by atoms with van der Waals surface area (Å²) in [7, 11) is 0. The molecular formula is C13H18IN3. The summed E-state index contributed by atoms with van der Waals surface area (Å²) >= 11 is 2.30. The van der Waals surface area contributed by atoms with Crippen LogP contribution in [0.4, 0.5) is 5.95 Å². The zero-order chi connectivity index (χ0) is 12.4. The van der Waals surface area contributed by atoms with Gasteiger partial charge in [0, 0.05) is 10.1 Å². The second-order valence-electron chi connectivity index (χ2n) is 4.79. The monoisotopic (exact) mass is 343 g/mol. The third-order valence-electron chi connectivity index (χ3n) is 2.90. The number of rotatable bonds is 4. The van der Waals surface area contributed by atoms with Crippen molar-refractivity contribution in [3.63, 3.8) is 0 Å². The Labute approximate surface area is 116 Å². The van der Waals surface area contributed by atoms with Crippen LogP contribution in [0.3, 0.4) is 0 Å². The second-order valence-corrected chi connectivity index (χ2v) is 6.04. The molecule has 1 aromatic heterocycles. The number of halogens is 1. The van der Waals surface area contributed by atoms with Gasteiger partial charge in [-0.25, -0.2) is 4.98 Å². The highest BCUT2D eigenvalue weighted by Crippen LogP contribution is 2.21. The molecule has 4 heteroatoms. The SMILES string of the molecule is CC(C)CCCn1c(N)nc2cc(I)ccc21. The largest absolute Gasteiger partial charge is 0.369 e. The number of hydrogen-bond acceptors (Lipinski definition) is 2. The van der Waals surface area contributed by atoms with Crippen molar-refractivity contribution in [2.75, 3.05) is 5.73 Å².